The average molecular weight is 406 g/mol. The Morgan fingerprint density at radius 2 is 1.55 bits per heavy atom. The SMILES string of the molecule is CCOC(=O)c1cc(OCC(=O)N(C)CC(=O)NC2CC2)cc(C(=O)OCC)c1. The van der Waals surface area contributed by atoms with Gasteiger partial charge in [0.2, 0.25) is 5.91 Å². The number of nitrogens with one attached hydrogen (secondary N) is 1. The van der Waals surface area contributed by atoms with Gasteiger partial charge in [-0.25, -0.2) is 9.59 Å². The highest BCUT2D eigenvalue weighted by molar-refractivity contribution is 5.96. The number of benzene rings is 1. The van der Waals surface area contributed by atoms with Gasteiger partial charge in [0.1, 0.15) is 5.75 Å². The fourth-order valence-electron chi connectivity index (χ4n) is 2.41. The van der Waals surface area contributed by atoms with Crippen LogP contribution in [0.15, 0.2) is 18.2 Å². The molecule has 1 N–H and O–H groups in total. The minimum atomic E-state index is -0.622. The molecule has 0 aliphatic heterocycles. The van der Waals surface area contributed by atoms with E-state index in [1.165, 1.54) is 30.1 Å². The van der Waals surface area contributed by atoms with Crippen LogP contribution in [0.3, 0.4) is 0 Å². The Kier molecular flexibility index (Phi) is 7.99. The van der Waals surface area contributed by atoms with Gasteiger partial charge in [0.05, 0.1) is 30.9 Å². The van der Waals surface area contributed by atoms with Crippen molar-refractivity contribution in [1.29, 1.82) is 0 Å². The number of amides is 2. The van der Waals surface area contributed by atoms with E-state index in [2.05, 4.69) is 5.32 Å². The fourth-order valence-corrected chi connectivity index (χ4v) is 2.41. The lowest BCUT2D eigenvalue weighted by Crippen LogP contribution is -2.40. The second-order valence-corrected chi connectivity index (χ2v) is 6.57. The molecule has 0 bridgehead atoms. The molecule has 0 atom stereocenters. The first kappa shape index (κ1) is 22.2. The maximum absolute atomic E-state index is 12.2. The zero-order chi connectivity index (χ0) is 21.4. The number of carbonyl (C=O) groups is 4. The van der Waals surface area contributed by atoms with E-state index in [-0.39, 0.29) is 55.2 Å². The van der Waals surface area contributed by atoms with E-state index in [0.717, 1.165) is 12.8 Å². The van der Waals surface area contributed by atoms with Crippen LogP contribution < -0.4 is 10.1 Å². The molecular weight excluding hydrogens is 380 g/mol. The third-order valence-corrected chi connectivity index (χ3v) is 4.04. The van der Waals surface area contributed by atoms with Crippen LogP contribution in [0.4, 0.5) is 0 Å². The fraction of sp³-hybridized carbons (Fsp3) is 0.500. The summed E-state index contributed by atoms with van der Waals surface area (Å²) < 4.78 is 15.4. The van der Waals surface area contributed by atoms with Crippen LogP contribution in [0.5, 0.6) is 5.75 Å². The van der Waals surface area contributed by atoms with Gasteiger partial charge in [0.15, 0.2) is 6.61 Å². The van der Waals surface area contributed by atoms with Crippen LogP contribution >= 0.6 is 0 Å². The van der Waals surface area contributed by atoms with Crippen molar-refractivity contribution in [3.05, 3.63) is 29.3 Å². The second kappa shape index (κ2) is 10.4. The molecule has 9 heteroatoms. The smallest absolute Gasteiger partial charge is 0.338 e. The van der Waals surface area contributed by atoms with Crippen LogP contribution in [0.1, 0.15) is 47.4 Å². The summed E-state index contributed by atoms with van der Waals surface area (Å²) in [5.41, 5.74) is 0.217. The normalized spacial score (nSPS) is 12.7. The third kappa shape index (κ3) is 7.10. The van der Waals surface area contributed by atoms with E-state index in [0.29, 0.717) is 0 Å². The molecule has 2 rings (SSSR count). The number of hydrogen-bond acceptors (Lipinski definition) is 7. The highest BCUT2D eigenvalue weighted by Gasteiger charge is 2.24. The Bertz CT molecular complexity index is 738. The minimum absolute atomic E-state index is 0.0738. The first-order chi connectivity index (χ1) is 13.8. The van der Waals surface area contributed by atoms with Crippen molar-refractivity contribution >= 4 is 23.8 Å². The molecular formula is C20H26N2O7. The molecule has 1 saturated carbocycles. The minimum Gasteiger partial charge on any atom is -0.484 e. The van der Waals surface area contributed by atoms with E-state index in [1.807, 2.05) is 0 Å². The predicted octanol–water partition coefficient (Wildman–Crippen LogP) is 1.16. The maximum Gasteiger partial charge on any atom is 0.338 e. The van der Waals surface area contributed by atoms with Crippen LogP contribution in [0.2, 0.25) is 0 Å². The van der Waals surface area contributed by atoms with Gasteiger partial charge < -0.3 is 24.4 Å². The van der Waals surface area contributed by atoms with Crippen molar-refractivity contribution in [3.8, 4) is 5.75 Å². The van der Waals surface area contributed by atoms with Crippen molar-refractivity contribution in [3.63, 3.8) is 0 Å². The van der Waals surface area contributed by atoms with E-state index < -0.39 is 17.8 Å². The van der Waals surface area contributed by atoms with Gasteiger partial charge in [0, 0.05) is 13.1 Å². The summed E-state index contributed by atoms with van der Waals surface area (Å²) in [6.07, 6.45) is 1.93. The van der Waals surface area contributed by atoms with Gasteiger partial charge in [-0.3, -0.25) is 9.59 Å². The molecule has 0 spiro atoms. The number of nitrogens with zero attached hydrogens (tertiary/aromatic N) is 1. The molecule has 158 valence electrons. The number of esters is 2. The second-order valence-electron chi connectivity index (χ2n) is 6.57. The van der Waals surface area contributed by atoms with Crippen molar-refractivity contribution in [2.45, 2.75) is 32.7 Å². The number of ether oxygens (including phenoxy) is 3. The zero-order valence-corrected chi connectivity index (χ0v) is 16.9. The van der Waals surface area contributed by atoms with Gasteiger partial charge in [-0.15, -0.1) is 0 Å². The van der Waals surface area contributed by atoms with E-state index in [1.54, 1.807) is 13.8 Å². The first-order valence-corrected chi connectivity index (χ1v) is 9.49. The van der Waals surface area contributed by atoms with Crippen LogP contribution in [0, 0.1) is 0 Å². The first-order valence-electron chi connectivity index (χ1n) is 9.49. The Morgan fingerprint density at radius 1 is 1.00 bits per heavy atom. The largest absolute Gasteiger partial charge is 0.484 e. The Balaban J connectivity index is 2.03. The summed E-state index contributed by atoms with van der Waals surface area (Å²) in [4.78, 5) is 49.4. The molecule has 0 saturated heterocycles. The molecule has 1 aliphatic carbocycles. The van der Waals surface area contributed by atoms with E-state index in [9.17, 15) is 19.2 Å². The maximum atomic E-state index is 12.2. The molecule has 0 unspecified atom stereocenters. The highest BCUT2D eigenvalue weighted by atomic mass is 16.5. The Labute approximate surface area is 169 Å². The van der Waals surface area contributed by atoms with Crippen LogP contribution in [-0.2, 0) is 19.1 Å². The number of likely N-dealkylation sites (N-methyl/N-ethyl adjacent to an activating group) is 1. The summed E-state index contributed by atoms with van der Waals surface area (Å²) in [7, 11) is 1.50. The highest BCUT2D eigenvalue weighted by Crippen LogP contribution is 2.20. The molecule has 0 radical (unpaired) electrons. The lowest BCUT2D eigenvalue weighted by Gasteiger charge is -2.17. The molecule has 1 aliphatic rings. The number of hydrogen-bond donors (Lipinski definition) is 1. The molecule has 29 heavy (non-hydrogen) atoms. The van der Waals surface area contributed by atoms with Gasteiger partial charge in [0.25, 0.3) is 5.91 Å². The molecule has 0 aromatic heterocycles. The summed E-state index contributed by atoms with van der Waals surface area (Å²) in [5.74, 6) is -1.75. The average Bonchev–Trinajstić information content (AvgIpc) is 3.49. The molecule has 1 aromatic carbocycles. The zero-order valence-electron chi connectivity index (χ0n) is 16.9. The molecule has 1 fully saturated rings. The van der Waals surface area contributed by atoms with Gasteiger partial charge in [-0.1, -0.05) is 0 Å². The van der Waals surface area contributed by atoms with Crippen molar-refractivity contribution in [2.24, 2.45) is 0 Å². The molecule has 9 nitrogen and oxygen atoms in total. The van der Waals surface area contributed by atoms with Gasteiger partial charge in [-0.05, 0) is 44.9 Å². The lowest BCUT2D eigenvalue weighted by atomic mass is 10.1. The third-order valence-electron chi connectivity index (χ3n) is 4.04. The van der Waals surface area contributed by atoms with Gasteiger partial charge in [-0.2, -0.15) is 0 Å². The summed E-state index contributed by atoms with van der Waals surface area (Å²) in [5, 5.41) is 2.80. The number of carbonyl (C=O) groups excluding carboxylic acids is 4. The van der Waals surface area contributed by atoms with Gasteiger partial charge >= 0.3 is 11.9 Å². The Morgan fingerprint density at radius 3 is 2.03 bits per heavy atom. The Hall–Kier alpha value is -3.10. The quantitative estimate of drug-likeness (QED) is 0.580. The lowest BCUT2D eigenvalue weighted by molar-refractivity contribution is -0.136. The summed E-state index contributed by atoms with van der Waals surface area (Å²) in [6.45, 7) is 3.24. The van der Waals surface area contributed by atoms with E-state index in [4.69, 9.17) is 14.2 Å². The molecule has 0 heterocycles. The molecule has 1 aromatic rings. The summed E-state index contributed by atoms with van der Waals surface area (Å²) in [6, 6.07) is 4.33. The predicted molar refractivity (Wildman–Crippen MR) is 103 cm³/mol. The summed E-state index contributed by atoms with van der Waals surface area (Å²) >= 11 is 0. The van der Waals surface area contributed by atoms with Crippen LogP contribution in [-0.4, -0.2) is 68.1 Å². The van der Waals surface area contributed by atoms with Crippen molar-refractivity contribution in [2.75, 3.05) is 33.4 Å². The monoisotopic (exact) mass is 406 g/mol. The molecule has 2 amide bonds. The standard InChI is InChI=1S/C20H26N2O7/c1-4-27-19(25)13-8-14(20(26)28-5-2)10-16(9-13)29-12-18(24)22(3)11-17(23)21-15-6-7-15/h8-10,15H,4-7,11-12H2,1-3H3,(H,21,23). The van der Waals surface area contributed by atoms with Crippen molar-refractivity contribution in [1.82, 2.24) is 10.2 Å². The van der Waals surface area contributed by atoms with Crippen molar-refractivity contribution < 1.29 is 33.4 Å². The van der Waals surface area contributed by atoms with Crippen LogP contribution in [0.25, 0.3) is 0 Å². The topological polar surface area (TPSA) is 111 Å². The number of rotatable bonds is 10. The van der Waals surface area contributed by atoms with E-state index >= 15 is 0 Å².